The van der Waals surface area contributed by atoms with E-state index in [-0.39, 0.29) is 12.4 Å². The third-order valence-electron chi connectivity index (χ3n) is 3.03. The zero-order valence-corrected chi connectivity index (χ0v) is 12.0. The van der Waals surface area contributed by atoms with Gasteiger partial charge in [0.1, 0.15) is 0 Å². The van der Waals surface area contributed by atoms with Crippen LogP contribution in [0, 0.1) is 0 Å². The molecule has 2 rings (SSSR count). The molecule has 1 nitrogen and oxygen atoms in total. The van der Waals surface area contributed by atoms with Gasteiger partial charge in [0.05, 0.1) is 5.56 Å². The molecule has 0 aliphatic carbocycles. The van der Waals surface area contributed by atoms with E-state index in [0.29, 0.717) is 11.0 Å². The van der Waals surface area contributed by atoms with Gasteiger partial charge in [-0.05, 0) is 37.6 Å². The lowest BCUT2D eigenvalue weighted by molar-refractivity contribution is -0.137. The van der Waals surface area contributed by atoms with Crippen LogP contribution in [-0.2, 0) is 11.9 Å². The van der Waals surface area contributed by atoms with Crippen LogP contribution in [0.1, 0.15) is 24.0 Å². The molecule has 0 saturated carbocycles. The Labute approximate surface area is 121 Å². The maximum atomic E-state index is 12.5. The Hall–Kier alpha value is -0.390. The molecule has 0 atom stereocenters. The highest BCUT2D eigenvalue weighted by molar-refractivity contribution is 7.99. The van der Waals surface area contributed by atoms with E-state index in [9.17, 15) is 13.2 Å². The molecule has 0 unspecified atom stereocenters. The molecule has 0 bridgehead atoms. The highest BCUT2D eigenvalue weighted by Crippen LogP contribution is 2.31. The minimum absolute atomic E-state index is 0. The fourth-order valence-corrected chi connectivity index (χ4v) is 3.19. The molecule has 1 aromatic carbocycles. The smallest absolute Gasteiger partial charge is 0.317 e. The molecule has 1 N–H and O–H groups in total. The van der Waals surface area contributed by atoms with Crippen LogP contribution in [0.4, 0.5) is 13.2 Å². The predicted octanol–water partition coefficient (Wildman–Crippen LogP) is 4.11. The summed E-state index contributed by atoms with van der Waals surface area (Å²) in [5.41, 5.74) is 0.208. The van der Waals surface area contributed by atoms with Crippen LogP contribution in [0.25, 0.3) is 0 Å². The van der Waals surface area contributed by atoms with Crippen molar-refractivity contribution in [1.82, 2.24) is 5.32 Å². The molecule has 6 heteroatoms. The van der Waals surface area contributed by atoms with Gasteiger partial charge in [-0.2, -0.15) is 24.9 Å². The first-order chi connectivity index (χ1) is 8.55. The van der Waals surface area contributed by atoms with Gasteiger partial charge in [0, 0.05) is 11.0 Å². The Balaban J connectivity index is 0.00000180. The SMILES string of the molecule is Cl.FC(F)(F)c1cccc(CSC2CCNCC2)c1. The summed E-state index contributed by atoms with van der Waals surface area (Å²) in [7, 11) is 0. The predicted molar refractivity (Wildman–Crippen MR) is 75.9 cm³/mol. The summed E-state index contributed by atoms with van der Waals surface area (Å²) in [5.74, 6) is 0.661. The summed E-state index contributed by atoms with van der Waals surface area (Å²) in [5, 5.41) is 3.85. The van der Waals surface area contributed by atoms with Crippen LogP contribution in [0.2, 0.25) is 0 Å². The topological polar surface area (TPSA) is 12.0 Å². The Morgan fingerprint density at radius 1 is 1.21 bits per heavy atom. The van der Waals surface area contributed by atoms with Crippen molar-refractivity contribution in [3.8, 4) is 0 Å². The molecule has 1 aromatic rings. The molecule has 0 spiro atoms. The number of hydrogen-bond acceptors (Lipinski definition) is 2. The fourth-order valence-electron chi connectivity index (χ4n) is 2.01. The first-order valence-corrected chi connectivity index (χ1v) is 7.09. The van der Waals surface area contributed by atoms with Crippen LogP contribution in [0.5, 0.6) is 0 Å². The van der Waals surface area contributed by atoms with Crippen molar-refractivity contribution in [3.05, 3.63) is 35.4 Å². The van der Waals surface area contributed by atoms with Crippen LogP contribution < -0.4 is 5.32 Å². The summed E-state index contributed by atoms with van der Waals surface area (Å²) in [4.78, 5) is 0. The summed E-state index contributed by atoms with van der Waals surface area (Å²) in [6.07, 6.45) is -2.04. The van der Waals surface area contributed by atoms with Gasteiger partial charge in [-0.3, -0.25) is 0 Å². The van der Waals surface area contributed by atoms with Crippen LogP contribution in [-0.4, -0.2) is 18.3 Å². The molecule has 1 heterocycles. The Morgan fingerprint density at radius 3 is 2.53 bits per heavy atom. The van der Waals surface area contributed by atoms with Crippen molar-refractivity contribution in [2.24, 2.45) is 0 Å². The molecule has 0 radical (unpaired) electrons. The highest BCUT2D eigenvalue weighted by atomic mass is 35.5. The first-order valence-electron chi connectivity index (χ1n) is 6.04. The molecule has 1 saturated heterocycles. The number of halogens is 4. The van der Waals surface area contributed by atoms with Gasteiger partial charge in [-0.1, -0.05) is 18.2 Å². The van der Waals surface area contributed by atoms with Gasteiger partial charge in [-0.25, -0.2) is 0 Å². The van der Waals surface area contributed by atoms with E-state index in [0.717, 1.165) is 37.6 Å². The first kappa shape index (κ1) is 16.7. The third kappa shape index (κ3) is 5.24. The minimum atomic E-state index is -4.24. The van der Waals surface area contributed by atoms with E-state index in [1.54, 1.807) is 17.8 Å². The number of alkyl halides is 3. The number of rotatable bonds is 3. The number of piperidine rings is 1. The largest absolute Gasteiger partial charge is 0.416 e. The van der Waals surface area contributed by atoms with Crippen molar-refractivity contribution in [1.29, 1.82) is 0 Å². The van der Waals surface area contributed by atoms with Crippen molar-refractivity contribution in [2.75, 3.05) is 13.1 Å². The lowest BCUT2D eigenvalue weighted by Crippen LogP contribution is -2.29. The van der Waals surface area contributed by atoms with Crippen LogP contribution in [0.3, 0.4) is 0 Å². The molecular formula is C13H17ClF3NS. The van der Waals surface area contributed by atoms with E-state index in [1.807, 2.05) is 0 Å². The average molecular weight is 312 g/mol. The molecule has 0 amide bonds. The monoisotopic (exact) mass is 311 g/mol. The van der Waals surface area contributed by atoms with E-state index >= 15 is 0 Å². The summed E-state index contributed by atoms with van der Waals surface area (Å²) in [6.45, 7) is 2.03. The molecule has 1 aliphatic rings. The van der Waals surface area contributed by atoms with E-state index in [4.69, 9.17) is 0 Å². The summed E-state index contributed by atoms with van der Waals surface area (Å²) >= 11 is 1.76. The zero-order valence-electron chi connectivity index (χ0n) is 10.4. The average Bonchev–Trinajstić information content (AvgIpc) is 2.37. The second kappa shape index (κ2) is 7.41. The second-order valence-electron chi connectivity index (χ2n) is 4.46. The van der Waals surface area contributed by atoms with Gasteiger partial charge in [0.15, 0.2) is 0 Å². The Bertz CT molecular complexity index is 392. The van der Waals surface area contributed by atoms with Crippen LogP contribution >= 0.6 is 24.2 Å². The van der Waals surface area contributed by atoms with Gasteiger partial charge in [0.2, 0.25) is 0 Å². The third-order valence-corrected chi connectivity index (χ3v) is 4.47. The zero-order chi connectivity index (χ0) is 13.0. The molecular weight excluding hydrogens is 295 g/mol. The minimum Gasteiger partial charge on any atom is -0.317 e. The van der Waals surface area contributed by atoms with E-state index in [2.05, 4.69) is 5.32 Å². The standard InChI is InChI=1S/C13H16F3NS.ClH/c14-13(15,16)11-3-1-2-10(8-11)9-18-12-4-6-17-7-5-12;/h1-3,8,12,17H,4-7,9H2;1H. The van der Waals surface area contributed by atoms with Crippen molar-refractivity contribution in [3.63, 3.8) is 0 Å². The Kier molecular flexibility index (Phi) is 6.50. The van der Waals surface area contributed by atoms with Crippen molar-refractivity contribution >= 4 is 24.2 Å². The summed E-state index contributed by atoms with van der Waals surface area (Å²) < 4.78 is 37.6. The van der Waals surface area contributed by atoms with E-state index < -0.39 is 11.7 Å². The van der Waals surface area contributed by atoms with E-state index in [1.165, 1.54) is 12.1 Å². The Morgan fingerprint density at radius 2 is 1.89 bits per heavy atom. The van der Waals surface area contributed by atoms with Gasteiger partial charge < -0.3 is 5.32 Å². The van der Waals surface area contributed by atoms with Crippen molar-refractivity contribution in [2.45, 2.75) is 30.0 Å². The van der Waals surface area contributed by atoms with Gasteiger partial charge in [0.25, 0.3) is 0 Å². The fraction of sp³-hybridized carbons (Fsp3) is 0.538. The number of hydrogen-bond donors (Lipinski definition) is 1. The molecule has 0 aromatic heterocycles. The van der Waals surface area contributed by atoms with Crippen molar-refractivity contribution < 1.29 is 13.2 Å². The maximum absolute atomic E-state index is 12.5. The second-order valence-corrected chi connectivity index (χ2v) is 5.75. The molecule has 1 fully saturated rings. The normalized spacial score (nSPS) is 17.0. The van der Waals surface area contributed by atoms with Gasteiger partial charge >= 0.3 is 6.18 Å². The molecule has 108 valence electrons. The highest BCUT2D eigenvalue weighted by Gasteiger charge is 2.30. The quantitative estimate of drug-likeness (QED) is 0.901. The molecule has 19 heavy (non-hydrogen) atoms. The lowest BCUT2D eigenvalue weighted by Gasteiger charge is -2.22. The number of thioether (sulfide) groups is 1. The maximum Gasteiger partial charge on any atom is 0.416 e. The summed E-state index contributed by atoms with van der Waals surface area (Å²) in [6, 6.07) is 5.64. The van der Waals surface area contributed by atoms with Crippen LogP contribution in [0.15, 0.2) is 24.3 Å². The van der Waals surface area contributed by atoms with Gasteiger partial charge in [-0.15, -0.1) is 12.4 Å². The number of benzene rings is 1. The molecule has 1 aliphatic heterocycles. The lowest BCUT2D eigenvalue weighted by atomic mass is 10.1. The number of nitrogens with one attached hydrogen (secondary N) is 1.